The minimum Gasteiger partial charge on any atom is -0.423 e. The van der Waals surface area contributed by atoms with Crippen molar-refractivity contribution in [3.8, 4) is 17.0 Å². The molecule has 7 nitrogen and oxygen atoms in total. The summed E-state index contributed by atoms with van der Waals surface area (Å²) < 4.78 is 7.79. The van der Waals surface area contributed by atoms with Crippen LogP contribution in [0.4, 0.5) is 5.69 Å². The third-order valence-corrected chi connectivity index (χ3v) is 4.56. The summed E-state index contributed by atoms with van der Waals surface area (Å²) in [6, 6.07) is 16.9. The highest BCUT2D eigenvalue weighted by Gasteiger charge is 2.11. The molecule has 4 aromatic rings. The zero-order valence-corrected chi connectivity index (χ0v) is 15.9. The first-order chi connectivity index (χ1) is 13.5. The van der Waals surface area contributed by atoms with Gasteiger partial charge in [-0.15, -0.1) is 0 Å². The smallest absolute Gasteiger partial charge is 0.343 e. The number of nitro groups is 1. The van der Waals surface area contributed by atoms with Crippen molar-refractivity contribution in [2.24, 2.45) is 0 Å². The fourth-order valence-electron chi connectivity index (χ4n) is 2.70. The first kappa shape index (κ1) is 17.9. The van der Waals surface area contributed by atoms with Crippen LogP contribution in [0.2, 0.25) is 0 Å². The van der Waals surface area contributed by atoms with Crippen molar-refractivity contribution in [3.05, 3.63) is 93.2 Å². The van der Waals surface area contributed by atoms with Gasteiger partial charge >= 0.3 is 5.97 Å². The maximum absolute atomic E-state index is 12.2. The molecule has 0 atom stereocenters. The summed E-state index contributed by atoms with van der Waals surface area (Å²) in [6.45, 7) is 0. The predicted octanol–water partition coefficient (Wildman–Crippen LogP) is 4.89. The Balaban J connectivity index is 1.55. The topological polar surface area (TPSA) is 86.7 Å². The van der Waals surface area contributed by atoms with Crippen LogP contribution in [0.5, 0.6) is 5.75 Å². The average Bonchev–Trinajstić information content (AvgIpc) is 3.11. The molecule has 0 saturated carbocycles. The van der Waals surface area contributed by atoms with Gasteiger partial charge in [0.25, 0.3) is 5.69 Å². The highest BCUT2D eigenvalue weighted by Crippen LogP contribution is 2.24. The Kier molecular flexibility index (Phi) is 4.62. The molecule has 0 saturated heterocycles. The summed E-state index contributed by atoms with van der Waals surface area (Å²) in [5.74, 6) is -0.0396. The molecule has 0 spiro atoms. The van der Waals surface area contributed by atoms with Crippen LogP contribution >= 0.6 is 15.9 Å². The molecule has 2 heterocycles. The molecule has 0 fully saturated rings. The number of rotatable bonds is 4. The monoisotopic (exact) mass is 437 g/mol. The Bertz CT molecular complexity index is 1200. The van der Waals surface area contributed by atoms with E-state index in [1.54, 1.807) is 59.1 Å². The Hall–Kier alpha value is -3.52. The van der Waals surface area contributed by atoms with E-state index in [4.69, 9.17) is 4.74 Å². The molecule has 0 aliphatic heterocycles. The second-order valence-corrected chi connectivity index (χ2v) is 6.88. The van der Waals surface area contributed by atoms with E-state index in [2.05, 4.69) is 20.9 Å². The molecule has 0 bridgehead atoms. The van der Waals surface area contributed by atoms with Gasteiger partial charge in [-0.2, -0.15) is 0 Å². The first-order valence-electron chi connectivity index (χ1n) is 8.21. The normalized spacial score (nSPS) is 10.8. The highest BCUT2D eigenvalue weighted by molar-refractivity contribution is 9.10. The number of esters is 1. The van der Waals surface area contributed by atoms with Gasteiger partial charge in [-0.3, -0.25) is 14.5 Å². The van der Waals surface area contributed by atoms with Crippen LogP contribution in [0, 0.1) is 10.1 Å². The molecule has 138 valence electrons. The third kappa shape index (κ3) is 3.63. The van der Waals surface area contributed by atoms with Crippen molar-refractivity contribution < 1.29 is 14.5 Å². The standard InChI is InChI=1S/C20H12BrN3O4/c21-15-3-1-2-14(10-15)20(25)28-17-7-4-13(5-8-17)18-12-23-11-16(24(26)27)6-9-19(23)22-18/h1-12H. The Labute approximate surface area is 167 Å². The average molecular weight is 438 g/mol. The number of carbonyl (C=O) groups is 1. The number of imidazole rings is 1. The molecule has 8 heteroatoms. The van der Waals surface area contributed by atoms with Gasteiger partial charge in [0, 0.05) is 22.3 Å². The predicted molar refractivity (Wildman–Crippen MR) is 106 cm³/mol. The van der Waals surface area contributed by atoms with Crippen molar-refractivity contribution in [3.63, 3.8) is 0 Å². The Morgan fingerprint density at radius 3 is 2.57 bits per heavy atom. The van der Waals surface area contributed by atoms with Gasteiger partial charge < -0.3 is 4.74 Å². The SMILES string of the molecule is O=C(Oc1ccc(-c2cn3cc([N+](=O)[O-])ccc3n2)cc1)c1cccc(Br)c1. The van der Waals surface area contributed by atoms with E-state index < -0.39 is 10.9 Å². The summed E-state index contributed by atoms with van der Waals surface area (Å²) in [7, 11) is 0. The minimum absolute atomic E-state index is 0.00809. The maximum Gasteiger partial charge on any atom is 0.343 e. The van der Waals surface area contributed by atoms with Gasteiger partial charge in [0.05, 0.1) is 22.4 Å². The minimum atomic E-state index is -0.451. The number of carbonyl (C=O) groups excluding carboxylic acids is 1. The summed E-state index contributed by atoms with van der Waals surface area (Å²) in [4.78, 5) is 27.1. The number of aromatic nitrogens is 2. The molecule has 0 N–H and O–H groups in total. The second kappa shape index (κ2) is 7.24. The molecule has 2 aromatic heterocycles. The summed E-state index contributed by atoms with van der Waals surface area (Å²) >= 11 is 3.32. The molecule has 2 aromatic carbocycles. The van der Waals surface area contributed by atoms with Crippen LogP contribution in [0.15, 0.2) is 77.5 Å². The first-order valence-corrected chi connectivity index (χ1v) is 9.00. The maximum atomic E-state index is 12.2. The van der Waals surface area contributed by atoms with Crippen molar-refractivity contribution in [2.45, 2.75) is 0 Å². The molecular formula is C20H12BrN3O4. The number of hydrogen-bond donors (Lipinski definition) is 0. The number of halogens is 1. The van der Waals surface area contributed by atoms with Gasteiger partial charge in [-0.1, -0.05) is 22.0 Å². The number of pyridine rings is 1. The molecule has 0 unspecified atom stereocenters. The number of fused-ring (bicyclic) bond motifs is 1. The van der Waals surface area contributed by atoms with Gasteiger partial charge in [0.15, 0.2) is 0 Å². The van der Waals surface area contributed by atoms with Gasteiger partial charge in [-0.25, -0.2) is 9.78 Å². The van der Waals surface area contributed by atoms with Crippen LogP contribution in [0.3, 0.4) is 0 Å². The van der Waals surface area contributed by atoms with Gasteiger partial charge in [-0.05, 0) is 48.5 Å². The largest absolute Gasteiger partial charge is 0.423 e. The number of hydrogen-bond acceptors (Lipinski definition) is 5. The van der Waals surface area contributed by atoms with Crippen molar-refractivity contribution in [2.75, 3.05) is 0 Å². The number of benzene rings is 2. The van der Waals surface area contributed by atoms with E-state index in [1.807, 2.05) is 6.07 Å². The summed E-state index contributed by atoms with van der Waals surface area (Å²) in [5, 5.41) is 10.9. The molecule has 0 radical (unpaired) electrons. The van der Waals surface area contributed by atoms with E-state index in [9.17, 15) is 14.9 Å². The van der Waals surface area contributed by atoms with Crippen molar-refractivity contribution in [1.29, 1.82) is 0 Å². The Morgan fingerprint density at radius 2 is 1.86 bits per heavy atom. The lowest BCUT2D eigenvalue weighted by Crippen LogP contribution is -2.08. The second-order valence-electron chi connectivity index (χ2n) is 5.96. The van der Waals surface area contributed by atoms with E-state index in [-0.39, 0.29) is 5.69 Å². The van der Waals surface area contributed by atoms with E-state index >= 15 is 0 Å². The van der Waals surface area contributed by atoms with Gasteiger partial charge in [0.1, 0.15) is 11.4 Å². The lowest BCUT2D eigenvalue weighted by molar-refractivity contribution is -0.385. The molecular weight excluding hydrogens is 426 g/mol. The van der Waals surface area contributed by atoms with Crippen LogP contribution in [0.1, 0.15) is 10.4 Å². The molecule has 0 amide bonds. The molecule has 0 aliphatic carbocycles. The van der Waals surface area contributed by atoms with Crippen LogP contribution in [0.25, 0.3) is 16.9 Å². The summed E-state index contributed by atoms with van der Waals surface area (Å²) in [5.41, 5.74) is 2.50. The fraction of sp³-hybridized carbons (Fsp3) is 0. The van der Waals surface area contributed by atoms with Crippen molar-refractivity contribution >= 4 is 33.2 Å². The lowest BCUT2D eigenvalue weighted by Gasteiger charge is -2.05. The van der Waals surface area contributed by atoms with E-state index in [0.29, 0.717) is 22.7 Å². The zero-order chi connectivity index (χ0) is 19.7. The lowest BCUT2D eigenvalue weighted by atomic mass is 10.1. The quantitative estimate of drug-likeness (QED) is 0.196. The van der Waals surface area contributed by atoms with Crippen LogP contribution < -0.4 is 4.74 Å². The van der Waals surface area contributed by atoms with E-state index in [1.165, 1.54) is 12.3 Å². The third-order valence-electron chi connectivity index (χ3n) is 4.07. The molecule has 4 rings (SSSR count). The van der Waals surface area contributed by atoms with Crippen LogP contribution in [-0.4, -0.2) is 20.3 Å². The van der Waals surface area contributed by atoms with Crippen LogP contribution in [-0.2, 0) is 0 Å². The highest BCUT2D eigenvalue weighted by atomic mass is 79.9. The number of ether oxygens (including phenoxy) is 1. The number of nitrogens with zero attached hydrogens (tertiary/aromatic N) is 3. The summed E-state index contributed by atoms with van der Waals surface area (Å²) in [6.07, 6.45) is 3.13. The van der Waals surface area contributed by atoms with Crippen molar-refractivity contribution in [1.82, 2.24) is 9.38 Å². The van der Waals surface area contributed by atoms with E-state index in [0.717, 1.165) is 10.0 Å². The van der Waals surface area contributed by atoms with Gasteiger partial charge in [0.2, 0.25) is 0 Å². The Morgan fingerprint density at radius 1 is 1.07 bits per heavy atom. The molecule has 0 aliphatic rings. The fourth-order valence-corrected chi connectivity index (χ4v) is 3.10. The zero-order valence-electron chi connectivity index (χ0n) is 14.3. The molecule has 28 heavy (non-hydrogen) atoms.